The first kappa shape index (κ1) is 16.6. The van der Waals surface area contributed by atoms with E-state index in [0.29, 0.717) is 31.1 Å². The maximum absolute atomic E-state index is 12.9. The highest BCUT2D eigenvalue weighted by Gasteiger charge is 2.31. The maximum atomic E-state index is 12.9. The number of aromatic nitrogens is 2. The van der Waals surface area contributed by atoms with Gasteiger partial charge in [0.05, 0.1) is 17.9 Å². The summed E-state index contributed by atoms with van der Waals surface area (Å²) in [6.45, 7) is 5.47. The Bertz CT molecular complexity index is 773. The summed E-state index contributed by atoms with van der Waals surface area (Å²) in [6, 6.07) is 7.41. The van der Waals surface area contributed by atoms with Crippen LogP contribution < -0.4 is 9.62 Å². The number of halogens is 1. The van der Waals surface area contributed by atoms with Crippen LogP contribution in [-0.2, 0) is 16.6 Å². The summed E-state index contributed by atoms with van der Waals surface area (Å²) in [5.41, 5.74) is 1.51. The van der Waals surface area contributed by atoms with Crippen LogP contribution in [0, 0.1) is 6.92 Å². The van der Waals surface area contributed by atoms with Crippen LogP contribution in [0.4, 0.5) is 11.4 Å². The van der Waals surface area contributed by atoms with Gasteiger partial charge in [0.1, 0.15) is 5.82 Å². The van der Waals surface area contributed by atoms with Gasteiger partial charge in [0, 0.05) is 19.3 Å². The molecule has 0 saturated heterocycles. The number of fused-ring (bicyclic) bond motifs is 1. The highest BCUT2D eigenvalue weighted by Crippen LogP contribution is 2.32. The molecule has 0 atom stereocenters. The molecular weight excluding hydrogens is 324 g/mol. The van der Waals surface area contributed by atoms with E-state index in [2.05, 4.69) is 10.3 Å². The summed E-state index contributed by atoms with van der Waals surface area (Å²) in [5, 5.41) is 3.32. The van der Waals surface area contributed by atoms with Crippen LogP contribution in [0.5, 0.6) is 0 Å². The van der Waals surface area contributed by atoms with Crippen molar-refractivity contribution in [2.75, 3.05) is 22.7 Å². The molecule has 0 aliphatic carbocycles. The smallest absolute Gasteiger partial charge is 0.283 e. The molecule has 120 valence electrons. The lowest BCUT2D eigenvalue weighted by Gasteiger charge is -2.30. The fourth-order valence-electron chi connectivity index (χ4n) is 2.54. The second-order valence-electron chi connectivity index (χ2n) is 4.93. The van der Waals surface area contributed by atoms with Crippen LogP contribution in [0.15, 0.2) is 35.5 Å². The summed E-state index contributed by atoms with van der Waals surface area (Å²) in [7, 11) is -3.63. The molecule has 22 heavy (non-hydrogen) atoms. The Labute approximate surface area is 136 Å². The SMILES string of the molecule is CCn1cc(S(=O)(=O)N2CCNc3ccccc32)nc1C.Cl. The molecule has 0 amide bonds. The quantitative estimate of drug-likeness (QED) is 0.929. The minimum atomic E-state index is -3.63. The number of para-hydroxylation sites is 2. The molecule has 2 heterocycles. The zero-order chi connectivity index (χ0) is 15.0. The van der Waals surface area contributed by atoms with Gasteiger partial charge in [-0.25, -0.2) is 4.98 Å². The zero-order valence-corrected chi connectivity index (χ0v) is 14.1. The molecule has 0 fully saturated rings. The van der Waals surface area contributed by atoms with Crippen LogP contribution in [0.3, 0.4) is 0 Å². The van der Waals surface area contributed by atoms with Crippen molar-refractivity contribution in [2.24, 2.45) is 0 Å². The Kier molecular flexibility index (Phi) is 4.67. The Morgan fingerprint density at radius 2 is 2.05 bits per heavy atom. The molecule has 0 saturated carbocycles. The maximum Gasteiger partial charge on any atom is 0.283 e. The molecule has 0 radical (unpaired) electrons. The van der Waals surface area contributed by atoms with E-state index in [1.807, 2.05) is 42.7 Å². The lowest BCUT2D eigenvalue weighted by atomic mass is 10.2. The topological polar surface area (TPSA) is 67.2 Å². The second kappa shape index (κ2) is 6.18. The standard InChI is InChI=1S/C14H18N4O2S.ClH/c1-3-17-10-14(16-11(17)2)21(19,20)18-9-8-15-12-6-4-5-7-13(12)18;/h4-7,10,15H,3,8-9H2,1-2H3;1H. The molecule has 1 N–H and O–H groups in total. The highest BCUT2D eigenvalue weighted by atomic mass is 35.5. The van der Waals surface area contributed by atoms with Gasteiger partial charge in [-0.05, 0) is 26.0 Å². The molecule has 0 unspecified atom stereocenters. The van der Waals surface area contributed by atoms with Crippen molar-refractivity contribution in [1.29, 1.82) is 0 Å². The van der Waals surface area contributed by atoms with E-state index in [4.69, 9.17) is 0 Å². The predicted octanol–water partition coefficient (Wildman–Crippen LogP) is 2.25. The van der Waals surface area contributed by atoms with Crippen molar-refractivity contribution < 1.29 is 8.42 Å². The number of imidazole rings is 1. The van der Waals surface area contributed by atoms with E-state index in [0.717, 1.165) is 5.69 Å². The first-order valence-corrected chi connectivity index (χ1v) is 8.37. The molecule has 0 bridgehead atoms. The van der Waals surface area contributed by atoms with Gasteiger partial charge in [-0.2, -0.15) is 8.42 Å². The number of sulfonamides is 1. The van der Waals surface area contributed by atoms with E-state index in [-0.39, 0.29) is 17.4 Å². The summed E-state index contributed by atoms with van der Waals surface area (Å²) in [6.07, 6.45) is 1.61. The van der Waals surface area contributed by atoms with Gasteiger partial charge in [0.15, 0.2) is 5.03 Å². The molecule has 8 heteroatoms. The highest BCUT2D eigenvalue weighted by molar-refractivity contribution is 7.92. The molecule has 1 aliphatic rings. The normalized spacial score (nSPS) is 14.0. The van der Waals surface area contributed by atoms with Gasteiger partial charge in [-0.3, -0.25) is 4.31 Å². The van der Waals surface area contributed by atoms with E-state index in [1.165, 1.54) is 4.31 Å². The molecule has 2 aromatic rings. The Morgan fingerprint density at radius 3 is 2.73 bits per heavy atom. The Balaban J connectivity index is 0.00000176. The Hall–Kier alpha value is -1.73. The number of rotatable bonds is 3. The van der Waals surface area contributed by atoms with Crippen LogP contribution in [-0.4, -0.2) is 31.1 Å². The lowest BCUT2D eigenvalue weighted by Crippen LogP contribution is -2.39. The third kappa shape index (κ3) is 2.66. The van der Waals surface area contributed by atoms with Crippen molar-refractivity contribution in [1.82, 2.24) is 9.55 Å². The molecule has 1 aromatic carbocycles. The largest absolute Gasteiger partial charge is 0.382 e. The van der Waals surface area contributed by atoms with Crippen molar-refractivity contribution in [2.45, 2.75) is 25.4 Å². The van der Waals surface area contributed by atoms with Crippen LogP contribution in [0.25, 0.3) is 0 Å². The van der Waals surface area contributed by atoms with E-state index >= 15 is 0 Å². The van der Waals surface area contributed by atoms with Gasteiger partial charge in [-0.15, -0.1) is 12.4 Å². The third-order valence-corrected chi connectivity index (χ3v) is 5.34. The third-order valence-electron chi connectivity index (χ3n) is 3.65. The summed E-state index contributed by atoms with van der Waals surface area (Å²) in [5.74, 6) is 0.708. The number of nitrogens with zero attached hydrogens (tertiary/aromatic N) is 3. The van der Waals surface area contributed by atoms with E-state index in [1.54, 1.807) is 6.20 Å². The summed E-state index contributed by atoms with van der Waals surface area (Å²) >= 11 is 0. The van der Waals surface area contributed by atoms with Crippen molar-refractivity contribution in [3.05, 3.63) is 36.3 Å². The predicted molar refractivity (Wildman–Crippen MR) is 89.3 cm³/mol. The van der Waals surface area contributed by atoms with E-state index in [9.17, 15) is 8.42 Å². The molecule has 1 aromatic heterocycles. The van der Waals surface area contributed by atoms with E-state index < -0.39 is 10.0 Å². The number of hydrogen-bond donors (Lipinski definition) is 1. The summed E-state index contributed by atoms with van der Waals surface area (Å²) < 4.78 is 29.0. The minimum absolute atomic E-state index is 0. The van der Waals surface area contributed by atoms with Crippen LogP contribution in [0.2, 0.25) is 0 Å². The van der Waals surface area contributed by atoms with Gasteiger partial charge >= 0.3 is 0 Å². The van der Waals surface area contributed by atoms with Crippen LogP contribution >= 0.6 is 12.4 Å². The van der Waals surface area contributed by atoms with Gasteiger partial charge in [0.2, 0.25) is 0 Å². The number of aryl methyl sites for hydroxylation is 2. The second-order valence-corrected chi connectivity index (χ2v) is 6.74. The average molecular weight is 343 g/mol. The molecule has 1 aliphatic heterocycles. The monoisotopic (exact) mass is 342 g/mol. The molecule has 3 rings (SSSR count). The van der Waals surface area contributed by atoms with Gasteiger partial charge in [-0.1, -0.05) is 12.1 Å². The first-order chi connectivity index (χ1) is 10.0. The lowest BCUT2D eigenvalue weighted by molar-refractivity contribution is 0.587. The number of hydrogen-bond acceptors (Lipinski definition) is 4. The minimum Gasteiger partial charge on any atom is -0.382 e. The number of nitrogens with one attached hydrogen (secondary N) is 1. The zero-order valence-electron chi connectivity index (χ0n) is 12.5. The fourth-order valence-corrected chi connectivity index (χ4v) is 4.02. The first-order valence-electron chi connectivity index (χ1n) is 6.93. The van der Waals surface area contributed by atoms with Gasteiger partial charge in [0.25, 0.3) is 10.0 Å². The van der Waals surface area contributed by atoms with Crippen molar-refractivity contribution in [3.8, 4) is 0 Å². The molecule has 0 spiro atoms. The Morgan fingerprint density at radius 1 is 1.32 bits per heavy atom. The number of benzene rings is 1. The van der Waals surface area contributed by atoms with Crippen molar-refractivity contribution in [3.63, 3.8) is 0 Å². The molecular formula is C14H19ClN4O2S. The average Bonchev–Trinajstić information content (AvgIpc) is 2.88. The van der Waals surface area contributed by atoms with Crippen LogP contribution in [0.1, 0.15) is 12.7 Å². The fraction of sp³-hybridized carbons (Fsp3) is 0.357. The molecule has 6 nitrogen and oxygen atoms in total. The van der Waals surface area contributed by atoms with Gasteiger partial charge < -0.3 is 9.88 Å². The number of anilines is 2. The van der Waals surface area contributed by atoms with Crippen molar-refractivity contribution >= 4 is 33.8 Å². The summed E-state index contributed by atoms with van der Waals surface area (Å²) in [4.78, 5) is 4.21.